The van der Waals surface area contributed by atoms with Crippen LogP contribution in [0.3, 0.4) is 0 Å². The van der Waals surface area contributed by atoms with E-state index in [1.165, 1.54) is 27.1 Å². The van der Waals surface area contributed by atoms with Gasteiger partial charge in [0.2, 0.25) is 17.7 Å². The van der Waals surface area contributed by atoms with Crippen molar-refractivity contribution in [2.45, 2.75) is 102 Å². The number of nitrogens with two attached hydrogens (primary N) is 1. The van der Waals surface area contributed by atoms with E-state index in [-0.39, 0.29) is 31.7 Å². The number of likely N-dealkylation sites (N-methyl/N-ethyl adjacent to an activating group) is 1. The standard InChI is InChI=1S/C36H51N9O11/c1-17(2)12-24(40-35(54)41-25(34(52)53)13-20-15-38-23-9-7-6-8-22(20)23)30(49)43-29(18(3)44(5)32(51)28(37)19(4)46)31(50)39-16-21-14-26(47)33(56-21)45-11-10-27(48)42-36(45)55/h6-11,15,17-19,21,24-26,28-29,33,38,46-47H,12-14,16,37H2,1-5H3,(H,39,50)(H,43,49)(H,52,53)(H2,40,41,54)(H,42,48,55)/t18-,19+,21+,24-,25-,26+,28-,29-,33+/m0/s1. The largest absolute Gasteiger partial charge is 0.480 e. The van der Waals surface area contributed by atoms with E-state index in [0.717, 1.165) is 26.4 Å². The highest BCUT2D eigenvalue weighted by atomic mass is 16.5. The number of H-pyrrole nitrogens is 2. The van der Waals surface area contributed by atoms with Crippen LogP contribution in [-0.4, -0.2) is 127 Å². The van der Waals surface area contributed by atoms with E-state index in [1.807, 2.05) is 18.2 Å². The van der Waals surface area contributed by atoms with Gasteiger partial charge in [-0.1, -0.05) is 32.0 Å². The predicted octanol–water partition coefficient (Wildman–Crippen LogP) is -1.77. The second-order valence-corrected chi connectivity index (χ2v) is 14.4. The monoisotopic (exact) mass is 785 g/mol. The molecule has 0 saturated carbocycles. The van der Waals surface area contributed by atoms with Gasteiger partial charge in [-0.05, 0) is 37.8 Å². The van der Waals surface area contributed by atoms with Gasteiger partial charge in [-0.3, -0.25) is 28.7 Å². The molecule has 20 nitrogen and oxygen atoms in total. The molecule has 1 fully saturated rings. The van der Waals surface area contributed by atoms with Crippen molar-refractivity contribution in [1.29, 1.82) is 0 Å². The number of hydrogen-bond acceptors (Lipinski definition) is 11. The fourth-order valence-electron chi connectivity index (χ4n) is 6.37. The first kappa shape index (κ1) is 43.2. The van der Waals surface area contributed by atoms with Gasteiger partial charge in [0, 0.05) is 55.8 Å². The molecule has 0 spiro atoms. The number of aromatic nitrogens is 3. The van der Waals surface area contributed by atoms with Gasteiger partial charge in [-0.25, -0.2) is 14.4 Å². The molecule has 11 N–H and O–H groups in total. The van der Waals surface area contributed by atoms with Gasteiger partial charge in [0.1, 0.15) is 30.3 Å². The van der Waals surface area contributed by atoms with E-state index < -0.39 is 95.7 Å². The first-order valence-corrected chi connectivity index (χ1v) is 18.2. The molecule has 0 aliphatic carbocycles. The van der Waals surface area contributed by atoms with Crippen LogP contribution in [0.25, 0.3) is 10.9 Å². The van der Waals surface area contributed by atoms with E-state index in [0.29, 0.717) is 5.56 Å². The molecule has 56 heavy (non-hydrogen) atoms. The summed E-state index contributed by atoms with van der Waals surface area (Å²) in [4.78, 5) is 96.4. The number of aliphatic carboxylic acids is 1. The summed E-state index contributed by atoms with van der Waals surface area (Å²) in [6.45, 7) is 6.15. The number of nitrogens with one attached hydrogen (secondary N) is 6. The highest BCUT2D eigenvalue weighted by Crippen LogP contribution is 2.27. The van der Waals surface area contributed by atoms with Crippen molar-refractivity contribution >= 4 is 40.6 Å². The molecule has 3 heterocycles. The van der Waals surface area contributed by atoms with Gasteiger partial charge in [0.15, 0.2) is 6.23 Å². The quantitative estimate of drug-likeness (QED) is 0.0728. The highest BCUT2D eigenvalue weighted by Gasteiger charge is 2.39. The second-order valence-electron chi connectivity index (χ2n) is 14.4. The minimum Gasteiger partial charge on any atom is -0.480 e. The molecule has 1 aliphatic rings. The third kappa shape index (κ3) is 10.8. The van der Waals surface area contributed by atoms with Gasteiger partial charge in [0.05, 0.1) is 18.2 Å². The molecule has 4 rings (SSSR count). The zero-order valence-electron chi connectivity index (χ0n) is 31.7. The molecule has 9 atom stereocenters. The molecule has 1 aliphatic heterocycles. The molecule has 0 bridgehead atoms. The number of carboxylic acids is 1. The predicted molar refractivity (Wildman–Crippen MR) is 201 cm³/mol. The van der Waals surface area contributed by atoms with Gasteiger partial charge in [-0.15, -0.1) is 0 Å². The van der Waals surface area contributed by atoms with E-state index in [4.69, 9.17) is 10.5 Å². The Hall–Kier alpha value is -5.57. The number of benzene rings is 1. The molecule has 306 valence electrons. The number of aliphatic hydroxyl groups is 2. The van der Waals surface area contributed by atoms with Crippen molar-refractivity contribution in [1.82, 2.24) is 40.7 Å². The maximum Gasteiger partial charge on any atom is 0.330 e. The Morgan fingerprint density at radius 3 is 2.34 bits per heavy atom. The van der Waals surface area contributed by atoms with Crippen LogP contribution < -0.4 is 38.2 Å². The number of aliphatic hydroxyl groups excluding tert-OH is 2. The van der Waals surface area contributed by atoms with E-state index in [1.54, 1.807) is 26.1 Å². The Balaban J connectivity index is 1.50. The number of aromatic amines is 2. The molecule has 0 radical (unpaired) electrons. The third-order valence-corrected chi connectivity index (χ3v) is 9.65. The number of fused-ring (bicyclic) bond motifs is 1. The Kier molecular flexibility index (Phi) is 14.5. The molecular formula is C36H51N9O11. The molecule has 1 aromatic carbocycles. The van der Waals surface area contributed by atoms with E-state index in [9.17, 15) is 48.9 Å². The smallest absolute Gasteiger partial charge is 0.330 e. The average Bonchev–Trinajstić information content (AvgIpc) is 3.72. The lowest BCUT2D eigenvalue weighted by atomic mass is 10.0. The van der Waals surface area contributed by atoms with Crippen molar-refractivity contribution < 1.29 is 44.0 Å². The van der Waals surface area contributed by atoms with Crippen LogP contribution in [0.5, 0.6) is 0 Å². The second kappa shape index (κ2) is 18.8. The molecule has 2 aromatic heterocycles. The van der Waals surface area contributed by atoms with Crippen LogP contribution in [0.2, 0.25) is 0 Å². The SMILES string of the molecule is CC(C)C[C@H](NC(=O)N[C@@H](Cc1c[nH]c2ccccc12)C(=O)O)C(=O)N[C@H](C(=O)NC[C@H]1C[C@@H](O)[C@H](n2ccc(=O)[nH]c2=O)O1)[C@H](C)N(C)C(=O)[C@@H](N)[C@@H](C)O. The molecule has 1 saturated heterocycles. The molecule has 0 unspecified atom stereocenters. The zero-order chi connectivity index (χ0) is 41.4. The number of hydrogen-bond donors (Lipinski definition) is 10. The van der Waals surface area contributed by atoms with E-state index >= 15 is 0 Å². The third-order valence-electron chi connectivity index (χ3n) is 9.65. The number of ether oxygens (including phenoxy) is 1. The van der Waals surface area contributed by atoms with Crippen molar-refractivity contribution in [2.24, 2.45) is 11.7 Å². The molecule has 5 amide bonds. The first-order chi connectivity index (χ1) is 26.4. The van der Waals surface area contributed by atoms with Crippen LogP contribution >= 0.6 is 0 Å². The Morgan fingerprint density at radius 2 is 1.70 bits per heavy atom. The van der Waals surface area contributed by atoms with Crippen molar-refractivity contribution in [2.75, 3.05) is 13.6 Å². The first-order valence-electron chi connectivity index (χ1n) is 18.2. The number of para-hydroxylation sites is 1. The Morgan fingerprint density at radius 1 is 1.02 bits per heavy atom. The Labute approximate surface area is 321 Å². The van der Waals surface area contributed by atoms with Gasteiger partial charge >= 0.3 is 17.7 Å². The topological polar surface area (TPSA) is 303 Å². The van der Waals surface area contributed by atoms with Crippen molar-refractivity contribution in [3.05, 3.63) is 69.1 Å². The fraction of sp³-hybridized carbons (Fsp3) is 0.528. The van der Waals surface area contributed by atoms with Gasteiger partial charge in [0.25, 0.3) is 5.56 Å². The average molecular weight is 786 g/mol. The molecule has 20 heteroatoms. The molecule has 3 aromatic rings. The number of nitrogens with zero attached hydrogens (tertiary/aromatic N) is 2. The van der Waals surface area contributed by atoms with Crippen LogP contribution in [0.4, 0.5) is 4.79 Å². The summed E-state index contributed by atoms with van der Waals surface area (Å²) in [6, 6.07) is 0.857. The Bertz CT molecular complexity index is 1990. The number of carbonyl (C=O) groups excluding carboxylic acids is 4. The summed E-state index contributed by atoms with van der Waals surface area (Å²) >= 11 is 0. The van der Waals surface area contributed by atoms with Crippen LogP contribution in [0.1, 0.15) is 52.3 Å². The maximum atomic E-state index is 13.9. The summed E-state index contributed by atoms with van der Waals surface area (Å²) in [6.07, 6.45) is -1.59. The highest BCUT2D eigenvalue weighted by molar-refractivity contribution is 5.93. The number of amides is 5. The van der Waals surface area contributed by atoms with Crippen LogP contribution in [0, 0.1) is 5.92 Å². The number of carboxylic acid groups (broad SMARTS) is 1. The minimum absolute atomic E-state index is 0.0160. The normalized spacial score (nSPS) is 20.0. The lowest BCUT2D eigenvalue weighted by molar-refractivity contribution is -0.140. The number of carbonyl (C=O) groups is 5. The number of rotatable bonds is 17. The van der Waals surface area contributed by atoms with Crippen molar-refractivity contribution in [3.8, 4) is 0 Å². The lowest BCUT2D eigenvalue weighted by Crippen LogP contribution is -2.63. The summed E-state index contributed by atoms with van der Waals surface area (Å²) in [5, 5.41) is 41.5. The summed E-state index contributed by atoms with van der Waals surface area (Å²) in [5.74, 6) is -3.83. The fourth-order valence-corrected chi connectivity index (χ4v) is 6.37. The van der Waals surface area contributed by atoms with Gasteiger partial charge < -0.3 is 56.9 Å². The van der Waals surface area contributed by atoms with Crippen molar-refractivity contribution in [3.63, 3.8) is 0 Å². The summed E-state index contributed by atoms with van der Waals surface area (Å²) in [5.41, 5.74) is 5.88. The zero-order valence-corrected chi connectivity index (χ0v) is 31.7. The minimum atomic E-state index is -1.48. The summed E-state index contributed by atoms with van der Waals surface area (Å²) < 4.78 is 6.81. The number of urea groups is 1. The van der Waals surface area contributed by atoms with Crippen LogP contribution in [-0.2, 0) is 30.3 Å². The summed E-state index contributed by atoms with van der Waals surface area (Å²) in [7, 11) is 1.33. The molecular weight excluding hydrogens is 734 g/mol. The van der Waals surface area contributed by atoms with Gasteiger partial charge in [-0.2, -0.15) is 0 Å². The van der Waals surface area contributed by atoms with Crippen LogP contribution in [0.15, 0.2) is 52.3 Å². The maximum absolute atomic E-state index is 13.9. The van der Waals surface area contributed by atoms with E-state index in [2.05, 4.69) is 31.2 Å². The lowest BCUT2D eigenvalue weighted by Gasteiger charge is -2.34.